The largest absolute Gasteiger partial charge is 0.442 e. The zero-order valence-electron chi connectivity index (χ0n) is 13.1. The average Bonchev–Trinajstić information content (AvgIpc) is 2.91. The molecule has 3 rings (SSSR count). The van der Waals surface area contributed by atoms with Crippen LogP contribution in [0.25, 0.3) is 0 Å². The van der Waals surface area contributed by atoms with Gasteiger partial charge in [0.2, 0.25) is 0 Å². The minimum atomic E-state index is -5.17. The molecule has 0 aliphatic carbocycles. The number of alkyl halides is 3. The van der Waals surface area contributed by atoms with Gasteiger partial charge in [0.15, 0.2) is 5.17 Å². The highest BCUT2D eigenvalue weighted by molar-refractivity contribution is 8.15. The predicted molar refractivity (Wildman–Crippen MR) is 83.5 cm³/mol. The van der Waals surface area contributed by atoms with Crippen LogP contribution in [0.15, 0.2) is 29.3 Å². The third kappa shape index (κ3) is 2.78. The summed E-state index contributed by atoms with van der Waals surface area (Å²) in [5.74, 6) is -3.75. The highest BCUT2D eigenvalue weighted by atomic mass is 32.2. The fourth-order valence-electron chi connectivity index (χ4n) is 2.63. The maximum atomic E-state index is 13.7. The molecule has 1 saturated heterocycles. The van der Waals surface area contributed by atoms with Gasteiger partial charge in [-0.2, -0.15) is 13.2 Å². The Morgan fingerprint density at radius 2 is 1.96 bits per heavy atom. The number of fused-ring (bicyclic) bond motifs is 1. The second-order valence-corrected chi connectivity index (χ2v) is 7.96. The number of aliphatic imine (C=N–C) groups is 1. The van der Waals surface area contributed by atoms with Crippen LogP contribution in [-0.4, -0.2) is 45.0 Å². The van der Waals surface area contributed by atoms with E-state index in [1.807, 2.05) is 0 Å². The van der Waals surface area contributed by atoms with Gasteiger partial charge in [0.1, 0.15) is 5.82 Å². The zero-order chi connectivity index (χ0) is 18.6. The Labute approximate surface area is 144 Å². The number of thioether (sulfide) groups is 1. The number of halogens is 4. The molecule has 2 aliphatic rings. The molecule has 2 aliphatic heterocycles. The molecule has 2 heterocycles. The monoisotopic (exact) mass is 375 g/mol. The summed E-state index contributed by atoms with van der Waals surface area (Å²) < 4.78 is 54.2. The van der Waals surface area contributed by atoms with Crippen molar-refractivity contribution in [3.05, 3.63) is 35.6 Å². The number of nitrogens with one attached hydrogen (secondary N) is 1. The Bertz CT molecular complexity index is 793. The van der Waals surface area contributed by atoms with Crippen LogP contribution in [0.1, 0.15) is 24.2 Å². The minimum Gasteiger partial charge on any atom is -0.312 e. The molecule has 0 unspecified atom stereocenters. The lowest BCUT2D eigenvalue weighted by Gasteiger charge is -2.29. The summed E-state index contributed by atoms with van der Waals surface area (Å²) in [6.07, 6.45) is -5.17. The van der Waals surface area contributed by atoms with E-state index in [4.69, 9.17) is 0 Å². The number of nitrogens with zero attached hydrogens (tertiary/aromatic N) is 2. The van der Waals surface area contributed by atoms with Gasteiger partial charge >= 0.3 is 11.8 Å². The Kier molecular flexibility index (Phi) is 3.86. The van der Waals surface area contributed by atoms with Crippen molar-refractivity contribution in [3.63, 3.8) is 0 Å². The van der Waals surface area contributed by atoms with E-state index in [2.05, 4.69) is 4.99 Å². The summed E-state index contributed by atoms with van der Waals surface area (Å²) >= 11 is 1.02. The van der Waals surface area contributed by atoms with E-state index in [-0.39, 0.29) is 11.7 Å². The molecule has 1 atom stereocenters. The molecule has 0 spiro atoms. The van der Waals surface area contributed by atoms with E-state index >= 15 is 0 Å². The molecule has 1 fully saturated rings. The van der Waals surface area contributed by atoms with Crippen molar-refractivity contribution < 1.29 is 27.2 Å². The molecule has 1 aromatic carbocycles. The third-order valence-electron chi connectivity index (χ3n) is 3.78. The zero-order valence-corrected chi connectivity index (χ0v) is 14.0. The van der Waals surface area contributed by atoms with Gasteiger partial charge in [-0.05, 0) is 26.0 Å². The molecule has 0 aromatic heterocycles. The molecular formula is C15H13F4N3O2S. The average molecular weight is 375 g/mol. The Morgan fingerprint density at radius 3 is 2.52 bits per heavy atom. The van der Waals surface area contributed by atoms with Crippen LogP contribution in [0.5, 0.6) is 0 Å². The minimum absolute atomic E-state index is 0.0305. The number of benzene rings is 1. The van der Waals surface area contributed by atoms with Crippen LogP contribution in [0.2, 0.25) is 0 Å². The molecule has 0 saturated carbocycles. The van der Waals surface area contributed by atoms with E-state index in [1.165, 1.54) is 12.1 Å². The summed E-state index contributed by atoms with van der Waals surface area (Å²) in [5, 5.41) is 1.49. The number of hydrogen-bond acceptors (Lipinski definition) is 4. The lowest BCUT2D eigenvalue weighted by molar-refractivity contribution is -0.196. The molecule has 10 heteroatoms. The van der Waals surface area contributed by atoms with Crippen LogP contribution in [-0.2, 0) is 4.79 Å². The first kappa shape index (κ1) is 17.7. The second-order valence-electron chi connectivity index (χ2n) is 6.29. The molecule has 2 amide bonds. The fourth-order valence-corrected chi connectivity index (χ4v) is 3.75. The van der Waals surface area contributed by atoms with Crippen LogP contribution >= 0.6 is 11.8 Å². The number of rotatable bonds is 2. The summed E-state index contributed by atoms with van der Waals surface area (Å²) in [7, 11) is 0. The topological polar surface area (TPSA) is 61.8 Å². The van der Waals surface area contributed by atoms with Gasteiger partial charge in [0, 0.05) is 11.3 Å². The normalized spacial score (nSPS) is 25.0. The van der Waals surface area contributed by atoms with E-state index in [0.29, 0.717) is 0 Å². The van der Waals surface area contributed by atoms with E-state index < -0.39 is 39.8 Å². The van der Waals surface area contributed by atoms with Crippen LogP contribution in [0.4, 0.5) is 17.6 Å². The van der Waals surface area contributed by atoms with Gasteiger partial charge in [0.05, 0.1) is 5.56 Å². The molecule has 0 bridgehead atoms. The van der Waals surface area contributed by atoms with E-state index in [0.717, 1.165) is 28.8 Å². The van der Waals surface area contributed by atoms with Gasteiger partial charge in [-0.15, -0.1) is 0 Å². The van der Waals surface area contributed by atoms with Crippen LogP contribution < -0.4 is 5.32 Å². The first-order chi connectivity index (χ1) is 11.5. The predicted octanol–water partition coefficient (Wildman–Crippen LogP) is 2.54. The van der Waals surface area contributed by atoms with Crippen molar-refractivity contribution in [2.24, 2.45) is 4.99 Å². The molecule has 1 N–H and O–H groups in total. The van der Waals surface area contributed by atoms with E-state index in [1.54, 1.807) is 19.2 Å². The van der Waals surface area contributed by atoms with Crippen molar-refractivity contribution in [1.29, 1.82) is 0 Å². The number of amidine groups is 1. The van der Waals surface area contributed by atoms with Crippen LogP contribution in [0, 0.1) is 5.82 Å². The summed E-state index contributed by atoms with van der Waals surface area (Å²) in [6.45, 7) is 3.56. The number of hydrogen-bond donors (Lipinski definition) is 1. The van der Waals surface area contributed by atoms with Crippen molar-refractivity contribution in [3.8, 4) is 0 Å². The van der Waals surface area contributed by atoms with E-state index in [9.17, 15) is 27.2 Å². The number of carbonyl (C=O) groups is 2. The van der Waals surface area contributed by atoms with Gasteiger partial charge in [-0.3, -0.25) is 14.5 Å². The van der Waals surface area contributed by atoms with Crippen molar-refractivity contribution in [1.82, 2.24) is 10.2 Å². The SMILES string of the molecule is CC1(C)CN2C(=O)[C@](NC(=O)c3ccccc3F)(C(F)(F)F)N=C2S1. The highest BCUT2D eigenvalue weighted by Crippen LogP contribution is 2.45. The third-order valence-corrected chi connectivity index (χ3v) is 4.95. The summed E-state index contributed by atoms with van der Waals surface area (Å²) in [5.41, 5.74) is -4.04. The maximum Gasteiger partial charge on any atom is 0.442 e. The van der Waals surface area contributed by atoms with Gasteiger partial charge < -0.3 is 5.32 Å². The standard InChI is InChI=1S/C15H13F4N3O2S/c1-13(2)7-22-11(24)14(15(17,18)19,21-12(22)25-13)20-10(23)8-5-3-4-6-9(8)16/h3-6H,7H2,1-2H3,(H,20,23)/t14-/m1/s1. The molecule has 0 radical (unpaired) electrons. The van der Waals surface area contributed by atoms with Crippen LogP contribution in [0.3, 0.4) is 0 Å². The lowest BCUT2D eigenvalue weighted by Crippen LogP contribution is -2.63. The first-order valence-electron chi connectivity index (χ1n) is 7.21. The molecular weight excluding hydrogens is 362 g/mol. The Balaban J connectivity index is 2.00. The van der Waals surface area contributed by atoms with Crippen molar-refractivity contribution >= 4 is 28.7 Å². The first-order valence-corrected chi connectivity index (χ1v) is 8.03. The highest BCUT2D eigenvalue weighted by Gasteiger charge is 2.68. The fraction of sp³-hybridized carbons (Fsp3) is 0.400. The molecule has 5 nitrogen and oxygen atoms in total. The molecule has 134 valence electrons. The Hall–Kier alpha value is -2.10. The Morgan fingerprint density at radius 1 is 1.32 bits per heavy atom. The maximum absolute atomic E-state index is 13.7. The second kappa shape index (κ2) is 5.45. The van der Waals surface area contributed by atoms with Gasteiger partial charge in [-0.1, -0.05) is 23.9 Å². The smallest absolute Gasteiger partial charge is 0.312 e. The lowest BCUT2D eigenvalue weighted by atomic mass is 10.1. The van der Waals surface area contributed by atoms with Crippen molar-refractivity contribution in [2.75, 3.05) is 6.54 Å². The molecule has 1 aromatic rings. The van der Waals surface area contributed by atoms with Gasteiger partial charge in [-0.25, -0.2) is 9.38 Å². The summed E-state index contributed by atoms with van der Waals surface area (Å²) in [6, 6.07) is 4.56. The number of carbonyl (C=O) groups excluding carboxylic acids is 2. The summed E-state index contributed by atoms with van der Waals surface area (Å²) in [4.78, 5) is 29.0. The van der Waals surface area contributed by atoms with Gasteiger partial charge in [0.25, 0.3) is 11.8 Å². The molecule has 25 heavy (non-hydrogen) atoms. The quantitative estimate of drug-likeness (QED) is 0.808. The van der Waals surface area contributed by atoms with Crippen molar-refractivity contribution in [2.45, 2.75) is 30.4 Å². The number of amides is 2.